The van der Waals surface area contributed by atoms with Gasteiger partial charge in [0.15, 0.2) is 0 Å². The first-order chi connectivity index (χ1) is 19.5. The van der Waals surface area contributed by atoms with Crippen LogP contribution in [0.2, 0.25) is 5.02 Å². The number of fused-ring (bicyclic) bond motifs is 1. The molecule has 208 valence electrons. The molecule has 0 amide bonds. The van der Waals surface area contributed by atoms with Gasteiger partial charge in [-0.15, -0.1) is 0 Å². The third-order valence-corrected chi connectivity index (χ3v) is 9.11. The molecule has 0 bridgehead atoms. The zero-order valence-corrected chi connectivity index (χ0v) is 23.8. The summed E-state index contributed by atoms with van der Waals surface area (Å²) in [5, 5.41) is 15.1. The quantitative estimate of drug-likeness (QED) is 0.250. The van der Waals surface area contributed by atoms with Crippen LogP contribution in [0.4, 0.5) is 11.6 Å². The van der Waals surface area contributed by atoms with Gasteiger partial charge in [-0.05, 0) is 92.9 Å². The van der Waals surface area contributed by atoms with E-state index in [-0.39, 0.29) is 6.10 Å². The van der Waals surface area contributed by atoms with E-state index < -0.39 is 0 Å². The standard InChI is InChI=1S/C32H37ClN6O/c1-20-2-5-27-28(16-34-30(27)12-20)31-29(33)17-35-32(37-31)36-24-14-21(13-23(15-24)22-3-4-22)18-38-9-6-25(7-10-38)39-11-8-26(40)19-39/h2,5,12-17,22,25-26,34,40H,3-4,6-11,18-19H2,1H3,(H,35,36,37)/t26-/m0/s1. The van der Waals surface area contributed by atoms with Crippen LogP contribution in [-0.4, -0.2) is 68.2 Å². The van der Waals surface area contributed by atoms with Gasteiger partial charge in [-0.1, -0.05) is 29.8 Å². The van der Waals surface area contributed by atoms with Gasteiger partial charge >= 0.3 is 0 Å². The Morgan fingerprint density at radius 3 is 2.67 bits per heavy atom. The van der Waals surface area contributed by atoms with Gasteiger partial charge < -0.3 is 15.4 Å². The van der Waals surface area contributed by atoms with Crippen LogP contribution in [0.5, 0.6) is 0 Å². The van der Waals surface area contributed by atoms with E-state index in [0.29, 0.717) is 22.9 Å². The van der Waals surface area contributed by atoms with Gasteiger partial charge in [0.2, 0.25) is 5.95 Å². The predicted octanol–water partition coefficient (Wildman–Crippen LogP) is 6.24. The number of β-amino-alcohol motifs (C(OH)–C–C–N with tert-alkyl or cyclic N) is 1. The highest BCUT2D eigenvalue weighted by Gasteiger charge is 2.30. The monoisotopic (exact) mass is 556 g/mol. The van der Waals surface area contributed by atoms with Gasteiger partial charge in [0.1, 0.15) is 0 Å². The van der Waals surface area contributed by atoms with Crippen molar-refractivity contribution < 1.29 is 5.11 Å². The van der Waals surface area contributed by atoms with E-state index >= 15 is 0 Å². The second kappa shape index (κ2) is 10.8. The molecule has 3 aliphatic rings. The second-order valence-electron chi connectivity index (χ2n) is 11.9. The summed E-state index contributed by atoms with van der Waals surface area (Å²) in [4.78, 5) is 17.8. The number of piperidine rings is 1. The van der Waals surface area contributed by atoms with Crippen LogP contribution in [0.25, 0.3) is 22.2 Å². The van der Waals surface area contributed by atoms with Crippen LogP contribution < -0.4 is 5.32 Å². The molecule has 2 aliphatic heterocycles. The molecular weight excluding hydrogens is 520 g/mol. The van der Waals surface area contributed by atoms with E-state index in [9.17, 15) is 5.11 Å². The Kier molecular flexibility index (Phi) is 7.00. The predicted molar refractivity (Wildman–Crippen MR) is 161 cm³/mol. The Balaban J connectivity index is 1.09. The molecule has 7 rings (SSSR count). The number of aromatic amines is 1. The van der Waals surface area contributed by atoms with E-state index in [1.54, 1.807) is 6.20 Å². The maximum absolute atomic E-state index is 9.94. The zero-order valence-electron chi connectivity index (χ0n) is 23.0. The summed E-state index contributed by atoms with van der Waals surface area (Å²) in [6.45, 7) is 7.12. The molecule has 3 N–H and O–H groups in total. The van der Waals surface area contributed by atoms with E-state index in [1.807, 2.05) is 6.20 Å². The maximum Gasteiger partial charge on any atom is 0.227 e. The fourth-order valence-electron chi connectivity index (χ4n) is 6.52. The lowest BCUT2D eigenvalue weighted by molar-refractivity contribution is 0.106. The number of halogens is 1. The van der Waals surface area contributed by atoms with Crippen LogP contribution in [0.3, 0.4) is 0 Å². The fourth-order valence-corrected chi connectivity index (χ4v) is 6.71. The number of aryl methyl sites for hydroxylation is 1. The number of anilines is 2. The van der Waals surface area contributed by atoms with Gasteiger partial charge in [0.25, 0.3) is 0 Å². The number of hydrogen-bond acceptors (Lipinski definition) is 6. The zero-order chi connectivity index (χ0) is 27.2. The van der Waals surface area contributed by atoms with E-state index in [4.69, 9.17) is 16.6 Å². The van der Waals surface area contributed by atoms with Crippen molar-refractivity contribution in [2.45, 2.75) is 63.6 Å². The number of rotatable bonds is 7. The summed E-state index contributed by atoms with van der Waals surface area (Å²) in [7, 11) is 0. The maximum atomic E-state index is 9.94. The lowest BCUT2D eigenvalue weighted by Crippen LogP contribution is -2.44. The minimum absolute atomic E-state index is 0.138. The van der Waals surface area contributed by atoms with Crippen molar-refractivity contribution in [1.29, 1.82) is 0 Å². The van der Waals surface area contributed by atoms with E-state index in [2.05, 4.69) is 68.4 Å². The lowest BCUT2D eigenvalue weighted by atomic mass is 10.0. The Hall–Kier alpha value is -2.97. The van der Waals surface area contributed by atoms with Gasteiger partial charge in [-0.3, -0.25) is 9.80 Å². The summed E-state index contributed by atoms with van der Waals surface area (Å²) in [6.07, 6.45) is 9.32. The summed E-state index contributed by atoms with van der Waals surface area (Å²) < 4.78 is 0. The number of aliphatic hydroxyl groups is 1. The molecule has 1 saturated carbocycles. The highest BCUT2D eigenvalue weighted by molar-refractivity contribution is 6.33. The van der Waals surface area contributed by atoms with Crippen molar-refractivity contribution in [2.75, 3.05) is 31.5 Å². The summed E-state index contributed by atoms with van der Waals surface area (Å²) >= 11 is 6.60. The first-order valence-corrected chi connectivity index (χ1v) is 15.0. The highest BCUT2D eigenvalue weighted by Crippen LogP contribution is 2.42. The minimum Gasteiger partial charge on any atom is -0.392 e. The van der Waals surface area contributed by atoms with Crippen LogP contribution in [0.1, 0.15) is 54.7 Å². The van der Waals surface area contributed by atoms with E-state index in [1.165, 1.54) is 42.4 Å². The van der Waals surface area contributed by atoms with Crippen molar-refractivity contribution in [2.24, 2.45) is 0 Å². The van der Waals surface area contributed by atoms with E-state index in [0.717, 1.165) is 67.0 Å². The fraction of sp³-hybridized carbons (Fsp3) is 0.438. The molecule has 40 heavy (non-hydrogen) atoms. The first kappa shape index (κ1) is 26.0. The molecule has 0 unspecified atom stereocenters. The molecule has 4 heterocycles. The number of likely N-dealkylation sites (tertiary alicyclic amines) is 2. The second-order valence-corrected chi connectivity index (χ2v) is 12.4. The molecule has 2 saturated heterocycles. The third kappa shape index (κ3) is 5.48. The molecular formula is C32H37ClN6O. The number of H-pyrrole nitrogens is 1. The highest BCUT2D eigenvalue weighted by atomic mass is 35.5. The molecule has 4 aromatic rings. The van der Waals surface area contributed by atoms with Crippen LogP contribution in [0, 0.1) is 6.92 Å². The minimum atomic E-state index is -0.138. The van der Waals surface area contributed by atoms with Crippen LogP contribution in [0.15, 0.2) is 48.8 Å². The van der Waals surface area contributed by atoms with Crippen LogP contribution in [-0.2, 0) is 6.54 Å². The van der Waals surface area contributed by atoms with Crippen molar-refractivity contribution in [3.05, 3.63) is 70.5 Å². The Morgan fingerprint density at radius 1 is 1.05 bits per heavy atom. The SMILES string of the molecule is Cc1ccc2c(-c3nc(Nc4cc(CN5CCC(N6CC[C@H](O)C6)CC5)cc(C5CC5)c4)ncc3Cl)c[nH]c2c1. The van der Waals surface area contributed by atoms with Gasteiger partial charge in [-0.25, -0.2) is 9.97 Å². The molecule has 3 fully saturated rings. The number of aromatic nitrogens is 3. The Labute approximate surface area is 240 Å². The van der Waals surface area contributed by atoms with Gasteiger partial charge in [0, 0.05) is 54.0 Å². The van der Waals surface area contributed by atoms with Crippen molar-refractivity contribution in [1.82, 2.24) is 24.8 Å². The molecule has 7 nitrogen and oxygen atoms in total. The molecule has 1 aliphatic carbocycles. The molecule has 2 aromatic carbocycles. The number of nitrogens with zero attached hydrogens (tertiary/aromatic N) is 4. The number of aliphatic hydroxyl groups excluding tert-OH is 1. The summed E-state index contributed by atoms with van der Waals surface area (Å²) in [6, 6.07) is 13.9. The lowest BCUT2D eigenvalue weighted by Gasteiger charge is -2.36. The number of nitrogens with one attached hydrogen (secondary N) is 2. The van der Waals surface area contributed by atoms with Crippen molar-refractivity contribution in [3.8, 4) is 11.3 Å². The first-order valence-electron chi connectivity index (χ1n) is 14.6. The molecule has 8 heteroatoms. The summed E-state index contributed by atoms with van der Waals surface area (Å²) in [5.74, 6) is 1.21. The van der Waals surface area contributed by atoms with Crippen LogP contribution >= 0.6 is 11.6 Å². The largest absolute Gasteiger partial charge is 0.392 e. The number of benzene rings is 2. The smallest absolute Gasteiger partial charge is 0.227 e. The normalized spacial score (nSPS) is 20.9. The Bertz CT molecular complexity index is 1520. The van der Waals surface area contributed by atoms with Crippen molar-refractivity contribution in [3.63, 3.8) is 0 Å². The molecule has 2 aromatic heterocycles. The average Bonchev–Trinajstić information content (AvgIpc) is 3.59. The summed E-state index contributed by atoms with van der Waals surface area (Å²) in [5.41, 5.74) is 7.75. The van der Waals surface area contributed by atoms with Crippen molar-refractivity contribution >= 4 is 34.1 Å². The van der Waals surface area contributed by atoms with Gasteiger partial charge in [-0.2, -0.15) is 0 Å². The average molecular weight is 557 g/mol. The molecule has 0 radical (unpaired) electrons. The third-order valence-electron chi connectivity index (χ3n) is 8.83. The number of hydrogen-bond donors (Lipinski definition) is 3. The Morgan fingerprint density at radius 2 is 1.90 bits per heavy atom. The molecule has 1 atom stereocenters. The topological polar surface area (TPSA) is 80.3 Å². The molecule has 0 spiro atoms. The van der Waals surface area contributed by atoms with Gasteiger partial charge in [0.05, 0.1) is 23.0 Å².